The van der Waals surface area contributed by atoms with E-state index in [0.717, 1.165) is 15.9 Å². The van der Waals surface area contributed by atoms with E-state index in [4.69, 9.17) is 0 Å². The maximum atomic E-state index is 4.22. The molecule has 2 aromatic heterocycles. The van der Waals surface area contributed by atoms with Crippen LogP contribution in [0.2, 0.25) is 0 Å². The van der Waals surface area contributed by atoms with Crippen molar-refractivity contribution < 1.29 is 0 Å². The van der Waals surface area contributed by atoms with E-state index in [1.54, 1.807) is 17.1 Å². The first-order valence-electron chi connectivity index (χ1n) is 3.89. The molecule has 66 valence electrons. The van der Waals surface area contributed by atoms with Crippen molar-refractivity contribution in [2.75, 3.05) is 0 Å². The van der Waals surface area contributed by atoms with Crippen LogP contribution in [0.25, 0.3) is 5.82 Å². The second-order valence-corrected chi connectivity index (χ2v) is 3.63. The number of nitrogens with zero attached hydrogens (tertiary/aromatic N) is 3. The monoisotopic (exact) mass is 237 g/mol. The smallest absolute Gasteiger partial charge is 0.167 e. The molecule has 0 N–H and O–H groups in total. The van der Waals surface area contributed by atoms with Crippen molar-refractivity contribution in [3.8, 4) is 5.82 Å². The van der Waals surface area contributed by atoms with Gasteiger partial charge in [-0.05, 0) is 40.5 Å². The van der Waals surface area contributed by atoms with Gasteiger partial charge in [-0.15, -0.1) is 0 Å². The van der Waals surface area contributed by atoms with Crippen LogP contribution >= 0.6 is 15.9 Å². The predicted molar refractivity (Wildman–Crippen MR) is 53.8 cm³/mol. The van der Waals surface area contributed by atoms with E-state index in [0.29, 0.717) is 0 Å². The minimum atomic E-state index is 0.815. The van der Waals surface area contributed by atoms with Crippen molar-refractivity contribution in [1.29, 1.82) is 0 Å². The van der Waals surface area contributed by atoms with E-state index >= 15 is 0 Å². The molecule has 2 rings (SSSR count). The number of aromatic nitrogens is 3. The van der Waals surface area contributed by atoms with E-state index in [1.165, 1.54) is 0 Å². The molecule has 0 aliphatic carbocycles. The molecule has 0 atom stereocenters. The van der Waals surface area contributed by atoms with E-state index < -0.39 is 0 Å². The Hall–Kier alpha value is -1.16. The lowest BCUT2D eigenvalue weighted by atomic mass is 10.4. The van der Waals surface area contributed by atoms with Crippen molar-refractivity contribution in [3.63, 3.8) is 0 Å². The van der Waals surface area contributed by atoms with E-state index in [-0.39, 0.29) is 0 Å². The second-order valence-electron chi connectivity index (χ2n) is 2.77. The number of rotatable bonds is 1. The minimum absolute atomic E-state index is 0.815. The van der Waals surface area contributed by atoms with Crippen molar-refractivity contribution in [3.05, 3.63) is 40.8 Å². The van der Waals surface area contributed by atoms with Gasteiger partial charge in [-0.2, -0.15) is 5.10 Å². The summed E-state index contributed by atoms with van der Waals surface area (Å²) in [6, 6.07) is 3.82. The zero-order chi connectivity index (χ0) is 9.26. The molecule has 0 spiro atoms. The van der Waals surface area contributed by atoms with Crippen LogP contribution in [0.4, 0.5) is 0 Å². The average Bonchev–Trinajstić information content (AvgIpc) is 2.53. The van der Waals surface area contributed by atoms with Gasteiger partial charge in [0.25, 0.3) is 0 Å². The molecule has 0 fully saturated rings. The van der Waals surface area contributed by atoms with Gasteiger partial charge in [0.1, 0.15) is 0 Å². The Morgan fingerprint density at radius 3 is 2.92 bits per heavy atom. The summed E-state index contributed by atoms with van der Waals surface area (Å²) in [4.78, 5) is 4.22. The normalized spacial score (nSPS) is 10.3. The molecule has 0 aromatic carbocycles. The Bertz CT molecular complexity index is 422. The molecule has 3 nitrogen and oxygen atoms in total. The highest BCUT2D eigenvalue weighted by atomic mass is 79.9. The molecular weight excluding hydrogens is 230 g/mol. The maximum Gasteiger partial charge on any atom is 0.167 e. The first-order chi connectivity index (χ1) is 6.27. The maximum absolute atomic E-state index is 4.22. The van der Waals surface area contributed by atoms with Crippen LogP contribution < -0.4 is 0 Å². The number of halogens is 1. The van der Waals surface area contributed by atoms with Gasteiger partial charge in [-0.25, -0.2) is 9.67 Å². The van der Waals surface area contributed by atoms with Gasteiger partial charge in [-0.1, -0.05) is 0 Å². The van der Waals surface area contributed by atoms with Crippen LogP contribution in [0.15, 0.2) is 35.2 Å². The Kier molecular flexibility index (Phi) is 2.14. The summed E-state index contributed by atoms with van der Waals surface area (Å²) in [5.41, 5.74) is 1.12. The van der Waals surface area contributed by atoms with Crippen LogP contribution in [0.1, 0.15) is 5.56 Å². The Labute approximate surface area is 84.5 Å². The van der Waals surface area contributed by atoms with Gasteiger partial charge in [0, 0.05) is 12.4 Å². The zero-order valence-electron chi connectivity index (χ0n) is 7.11. The summed E-state index contributed by atoms with van der Waals surface area (Å²) < 4.78 is 2.69. The third-order valence-electron chi connectivity index (χ3n) is 1.67. The summed E-state index contributed by atoms with van der Waals surface area (Å²) in [5, 5.41) is 4.17. The molecule has 2 heterocycles. The highest BCUT2D eigenvalue weighted by molar-refractivity contribution is 9.10. The largest absolute Gasteiger partial charge is 0.236 e. The molecule has 4 heteroatoms. The highest BCUT2D eigenvalue weighted by Crippen LogP contribution is 2.16. The summed E-state index contributed by atoms with van der Waals surface area (Å²) in [5.74, 6) is 0.815. The molecule has 0 saturated heterocycles. The van der Waals surface area contributed by atoms with Crippen LogP contribution in [-0.2, 0) is 0 Å². The van der Waals surface area contributed by atoms with Gasteiger partial charge >= 0.3 is 0 Å². The van der Waals surface area contributed by atoms with E-state index in [2.05, 4.69) is 26.0 Å². The summed E-state index contributed by atoms with van der Waals surface area (Å²) in [6.45, 7) is 2.00. The van der Waals surface area contributed by atoms with Gasteiger partial charge in [0.2, 0.25) is 0 Å². The van der Waals surface area contributed by atoms with Crippen LogP contribution in [0.5, 0.6) is 0 Å². The lowest BCUT2D eigenvalue weighted by molar-refractivity contribution is 0.841. The Balaban J connectivity index is 2.52. The van der Waals surface area contributed by atoms with Crippen LogP contribution in [-0.4, -0.2) is 14.8 Å². The van der Waals surface area contributed by atoms with Crippen LogP contribution in [0, 0.1) is 6.92 Å². The molecule has 0 amide bonds. The molecule has 0 unspecified atom stereocenters. The topological polar surface area (TPSA) is 30.7 Å². The van der Waals surface area contributed by atoms with E-state index in [1.807, 2.05) is 25.3 Å². The number of aryl methyl sites for hydroxylation is 1. The number of pyridine rings is 1. The SMILES string of the molecule is Cc1cnn(-c2ncccc2Br)c1. The van der Waals surface area contributed by atoms with Crippen molar-refractivity contribution >= 4 is 15.9 Å². The summed E-state index contributed by atoms with van der Waals surface area (Å²) in [6.07, 6.45) is 5.49. The third kappa shape index (κ3) is 1.62. The second kappa shape index (κ2) is 3.30. The first-order valence-corrected chi connectivity index (χ1v) is 4.69. The highest BCUT2D eigenvalue weighted by Gasteiger charge is 2.02. The van der Waals surface area contributed by atoms with E-state index in [9.17, 15) is 0 Å². The zero-order valence-corrected chi connectivity index (χ0v) is 8.69. The number of hydrogen-bond donors (Lipinski definition) is 0. The van der Waals surface area contributed by atoms with Gasteiger partial charge in [0.05, 0.1) is 10.7 Å². The van der Waals surface area contributed by atoms with Crippen LogP contribution in [0.3, 0.4) is 0 Å². The van der Waals surface area contributed by atoms with Crippen molar-refractivity contribution in [1.82, 2.24) is 14.8 Å². The Morgan fingerprint density at radius 2 is 2.31 bits per heavy atom. The number of hydrogen-bond acceptors (Lipinski definition) is 2. The fourth-order valence-electron chi connectivity index (χ4n) is 1.07. The standard InChI is InChI=1S/C9H8BrN3/c1-7-5-12-13(6-7)9-8(10)3-2-4-11-9/h2-6H,1H3. The first kappa shape index (κ1) is 8.44. The molecule has 13 heavy (non-hydrogen) atoms. The van der Waals surface area contributed by atoms with Gasteiger partial charge < -0.3 is 0 Å². The molecule has 0 aliphatic heterocycles. The minimum Gasteiger partial charge on any atom is -0.236 e. The quantitative estimate of drug-likeness (QED) is 0.763. The van der Waals surface area contributed by atoms with Crippen molar-refractivity contribution in [2.45, 2.75) is 6.92 Å². The third-order valence-corrected chi connectivity index (χ3v) is 2.29. The fraction of sp³-hybridized carbons (Fsp3) is 0.111. The molecule has 0 saturated carbocycles. The van der Waals surface area contributed by atoms with Gasteiger partial charge in [-0.3, -0.25) is 0 Å². The average molecular weight is 238 g/mol. The summed E-state index contributed by atoms with van der Waals surface area (Å²) in [7, 11) is 0. The Morgan fingerprint density at radius 1 is 1.46 bits per heavy atom. The summed E-state index contributed by atoms with van der Waals surface area (Å²) >= 11 is 3.42. The van der Waals surface area contributed by atoms with Gasteiger partial charge in [0.15, 0.2) is 5.82 Å². The van der Waals surface area contributed by atoms with Crippen molar-refractivity contribution in [2.24, 2.45) is 0 Å². The fourth-order valence-corrected chi connectivity index (χ4v) is 1.51. The molecule has 2 aromatic rings. The molecule has 0 aliphatic rings. The molecule has 0 radical (unpaired) electrons. The molecular formula is C9H8BrN3. The predicted octanol–water partition coefficient (Wildman–Crippen LogP) is 2.34. The molecule has 0 bridgehead atoms. The lowest BCUT2D eigenvalue weighted by Gasteiger charge is -2.01. The lowest BCUT2D eigenvalue weighted by Crippen LogP contribution is -1.97.